The topological polar surface area (TPSA) is 75.6 Å². The summed E-state index contributed by atoms with van der Waals surface area (Å²) in [5, 5.41) is 11.0. The number of carbonyl (C=O) groups excluding carboxylic acids is 1. The molecule has 5 nitrogen and oxygen atoms in total. The van der Waals surface area contributed by atoms with E-state index in [9.17, 15) is 14.0 Å². The highest BCUT2D eigenvalue weighted by Crippen LogP contribution is 2.16. The van der Waals surface area contributed by atoms with E-state index in [4.69, 9.17) is 9.84 Å². The van der Waals surface area contributed by atoms with Crippen LogP contribution < -0.4 is 5.32 Å². The van der Waals surface area contributed by atoms with Crippen molar-refractivity contribution in [2.45, 2.75) is 19.8 Å². The maximum atomic E-state index is 13.5. The van der Waals surface area contributed by atoms with Crippen molar-refractivity contribution in [2.24, 2.45) is 0 Å². The summed E-state index contributed by atoms with van der Waals surface area (Å²) in [5.41, 5.74) is -0.202. The Balaban J connectivity index is 2.52. The van der Waals surface area contributed by atoms with Crippen molar-refractivity contribution in [2.75, 3.05) is 18.5 Å². The number of hydrogen-bond acceptors (Lipinski definition) is 3. The third-order valence-electron chi connectivity index (χ3n) is 2.31. The van der Waals surface area contributed by atoms with Gasteiger partial charge in [0.2, 0.25) is 5.91 Å². The molecular weight excluding hydrogens is 253 g/mol. The first-order valence-corrected chi connectivity index (χ1v) is 5.95. The molecule has 1 aromatic carbocycles. The van der Waals surface area contributed by atoms with E-state index < -0.39 is 11.8 Å². The van der Waals surface area contributed by atoms with E-state index in [2.05, 4.69) is 5.32 Å². The third-order valence-corrected chi connectivity index (χ3v) is 2.31. The van der Waals surface area contributed by atoms with Gasteiger partial charge in [-0.2, -0.15) is 0 Å². The lowest BCUT2D eigenvalue weighted by Crippen LogP contribution is -2.15. The zero-order valence-corrected chi connectivity index (χ0v) is 10.6. The van der Waals surface area contributed by atoms with Crippen LogP contribution in [-0.4, -0.2) is 30.2 Å². The molecule has 0 heterocycles. The Morgan fingerprint density at radius 3 is 2.68 bits per heavy atom. The highest BCUT2D eigenvalue weighted by atomic mass is 19.1. The van der Waals surface area contributed by atoms with Gasteiger partial charge in [-0.05, 0) is 24.6 Å². The normalized spacial score (nSPS) is 10.2. The predicted molar refractivity (Wildman–Crippen MR) is 67.7 cm³/mol. The van der Waals surface area contributed by atoms with Crippen molar-refractivity contribution < 1.29 is 23.8 Å². The molecule has 0 atom stereocenters. The van der Waals surface area contributed by atoms with E-state index in [0.29, 0.717) is 6.61 Å². The van der Waals surface area contributed by atoms with Crippen molar-refractivity contribution in [1.29, 1.82) is 0 Å². The first-order chi connectivity index (χ1) is 9.04. The van der Waals surface area contributed by atoms with Gasteiger partial charge in [-0.15, -0.1) is 0 Å². The molecule has 0 radical (unpaired) electrons. The number of amides is 1. The number of carboxylic acid groups (broad SMARTS) is 1. The van der Waals surface area contributed by atoms with Crippen LogP contribution in [-0.2, 0) is 9.53 Å². The van der Waals surface area contributed by atoms with Gasteiger partial charge in [0, 0.05) is 6.61 Å². The minimum atomic E-state index is -1.22. The van der Waals surface area contributed by atoms with Crippen LogP contribution >= 0.6 is 0 Å². The molecule has 0 aliphatic carbocycles. The minimum absolute atomic E-state index is 0.0366. The van der Waals surface area contributed by atoms with Gasteiger partial charge in [0.05, 0.1) is 24.3 Å². The predicted octanol–water partition coefficient (Wildman–Crippen LogP) is 2.28. The summed E-state index contributed by atoms with van der Waals surface area (Å²) in [7, 11) is 0. The molecule has 19 heavy (non-hydrogen) atoms. The Bertz CT molecular complexity index is 462. The number of rotatable bonds is 7. The Hall–Kier alpha value is -1.95. The maximum Gasteiger partial charge on any atom is 0.335 e. The molecule has 104 valence electrons. The lowest BCUT2D eigenvalue weighted by atomic mass is 10.2. The number of carboxylic acids is 1. The Morgan fingerprint density at radius 2 is 2.11 bits per heavy atom. The standard InChI is InChI=1S/C13H16FNO4/c1-2-6-19-7-5-12(16)15-11-4-3-9(13(17)18)8-10(11)14/h3-4,8H,2,5-7H2,1H3,(H,15,16)(H,17,18). The van der Waals surface area contributed by atoms with E-state index >= 15 is 0 Å². The minimum Gasteiger partial charge on any atom is -0.478 e. The molecule has 1 amide bonds. The zero-order valence-electron chi connectivity index (χ0n) is 10.6. The van der Waals surface area contributed by atoms with Crippen LogP contribution in [0.15, 0.2) is 18.2 Å². The van der Waals surface area contributed by atoms with E-state index in [-0.39, 0.29) is 30.2 Å². The van der Waals surface area contributed by atoms with Gasteiger partial charge >= 0.3 is 5.97 Å². The first kappa shape index (κ1) is 15.1. The quantitative estimate of drug-likeness (QED) is 0.744. The smallest absolute Gasteiger partial charge is 0.335 e. The average Bonchev–Trinajstić information content (AvgIpc) is 2.37. The number of carbonyl (C=O) groups is 2. The lowest BCUT2D eigenvalue weighted by Gasteiger charge is -2.07. The van der Waals surface area contributed by atoms with Gasteiger partial charge < -0.3 is 15.2 Å². The summed E-state index contributed by atoms with van der Waals surface area (Å²) in [6.07, 6.45) is 0.993. The second-order valence-corrected chi connectivity index (χ2v) is 3.91. The maximum absolute atomic E-state index is 13.5. The molecule has 6 heteroatoms. The lowest BCUT2D eigenvalue weighted by molar-refractivity contribution is -0.117. The molecule has 0 aromatic heterocycles. The van der Waals surface area contributed by atoms with Crippen molar-refractivity contribution in [3.8, 4) is 0 Å². The summed E-state index contributed by atoms with van der Waals surface area (Å²) < 4.78 is 18.6. The Labute approximate surface area is 110 Å². The molecular formula is C13H16FNO4. The highest BCUT2D eigenvalue weighted by molar-refractivity contribution is 5.92. The highest BCUT2D eigenvalue weighted by Gasteiger charge is 2.10. The van der Waals surface area contributed by atoms with Crippen molar-refractivity contribution in [1.82, 2.24) is 0 Å². The monoisotopic (exact) mass is 269 g/mol. The summed E-state index contributed by atoms with van der Waals surface area (Å²) >= 11 is 0. The average molecular weight is 269 g/mol. The van der Waals surface area contributed by atoms with Gasteiger partial charge in [0.15, 0.2) is 0 Å². The van der Waals surface area contributed by atoms with Crippen LogP contribution in [0.4, 0.5) is 10.1 Å². The van der Waals surface area contributed by atoms with E-state index in [1.807, 2.05) is 6.92 Å². The largest absolute Gasteiger partial charge is 0.478 e. The molecule has 0 saturated heterocycles. The SMILES string of the molecule is CCCOCCC(=O)Nc1ccc(C(=O)O)cc1F. The molecule has 0 spiro atoms. The van der Waals surface area contributed by atoms with Gasteiger partial charge in [-0.1, -0.05) is 6.92 Å². The van der Waals surface area contributed by atoms with Crippen molar-refractivity contribution in [3.63, 3.8) is 0 Å². The van der Waals surface area contributed by atoms with Gasteiger partial charge in [0.25, 0.3) is 0 Å². The molecule has 1 rings (SSSR count). The summed E-state index contributed by atoms with van der Waals surface area (Å²) in [4.78, 5) is 22.1. The Kier molecular flexibility index (Phi) is 5.95. The van der Waals surface area contributed by atoms with Crippen LogP contribution in [0.2, 0.25) is 0 Å². The Morgan fingerprint density at radius 1 is 1.37 bits per heavy atom. The molecule has 0 bridgehead atoms. The number of hydrogen-bond donors (Lipinski definition) is 2. The molecule has 1 aromatic rings. The van der Waals surface area contributed by atoms with Crippen LogP contribution in [0, 0.1) is 5.82 Å². The molecule has 0 aliphatic heterocycles. The number of nitrogens with one attached hydrogen (secondary N) is 1. The van der Waals surface area contributed by atoms with Crippen molar-refractivity contribution in [3.05, 3.63) is 29.6 Å². The van der Waals surface area contributed by atoms with Crippen LogP contribution in [0.25, 0.3) is 0 Å². The van der Waals surface area contributed by atoms with Crippen LogP contribution in [0.5, 0.6) is 0 Å². The molecule has 0 fully saturated rings. The zero-order chi connectivity index (χ0) is 14.3. The number of aromatic carboxylic acids is 1. The fourth-order valence-electron chi connectivity index (χ4n) is 1.37. The second kappa shape index (κ2) is 7.48. The summed E-state index contributed by atoms with van der Waals surface area (Å²) in [5.74, 6) is -2.37. The molecule has 2 N–H and O–H groups in total. The van der Waals surface area contributed by atoms with E-state index in [1.54, 1.807) is 0 Å². The number of halogens is 1. The second-order valence-electron chi connectivity index (χ2n) is 3.91. The van der Waals surface area contributed by atoms with Gasteiger partial charge in [-0.25, -0.2) is 9.18 Å². The van der Waals surface area contributed by atoms with E-state index in [1.165, 1.54) is 12.1 Å². The first-order valence-electron chi connectivity index (χ1n) is 5.95. The number of benzene rings is 1. The van der Waals surface area contributed by atoms with E-state index in [0.717, 1.165) is 12.5 Å². The van der Waals surface area contributed by atoms with Gasteiger partial charge in [0.1, 0.15) is 5.82 Å². The summed E-state index contributed by atoms with van der Waals surface area (Å²) in [6, 6.07) is 3.32. The molecule has 0 aliphatic rings. The number of anilines is 1. The van der Waals surface area contributed by atoms with Crippen molar-refractivity contribution >= 4 is 17.6 Å². The van der Waals surface area contributed by atoms with Crippen LogP contribution in [0.1, 0.15) is 30.1 Å². The van der Waals surface area contributed by atoms with Gasteiger partial charge in [-0.3, -0.25) is 4.79 Å². The summed E-state index contributed by atoms with van der Waals surface area (Å²) in [6.45, 7) is 2.81. The fourth-order valence-corrected chi connectivity index (χ4v) is 1.37. The molecule has 0 saturated carbocycles. The third kappa shape index (κ3) is 5.05. The fraction of sp³-hybridized carbons (Fsp3) is 0.385. The van der Waals surface area contributed by atoms with Crippen LogP contribution in [0.3, 0.4) is 0 Å². The molecule has 0 unspecified atom stereocenters. The number of ether oxygens (including phenoxy) is 1.